The number of rotatable bonds is 5. The number of amides is 1. The van der Waals surface area contributed by atoms with Crippen LogP contribution in [0.1, 0.15) is 21.1 Å². The molecular formula is C13H11N3O3S. The second-order valence-corrected chi connectivity index (χ2v) is 4.70. The first kappa shape index (κ1) is 13.9. The Morgan fingerprint density at radius 2 is 2.20 bits per heavy atom. The van der Waals surface area contributed by atoms with E-state index in [4.69, 9.17) is 5.11 Å². The van der Waals surface area contributed by atoms with Crippen LogP contribution < -0.4 is 5.32 Å². The Hall–Kier alpha value is -2.54. The molecule has 0 aliphatic rings. The minimum absolute atomic E-state index is 0.182. The lowest BCUT2D eigenvalue weighted by Gasteiger charge is -2.05. The first-order chi connectivity index (χ1) is 9.66. The van der Waals surface area contributed by atoms with Gasteiger partial charge in [0.2, 0.25) is 0 Å². The molecule has 0 aliphatic carbocycles. The molecule has 0 unspecified atom stereocenters. The van der Waals surface area contributed by atoms with Crippen molar-refractivity contribution >= 4 is 29.3 Å². The highest BCUT2D eigenvalue weighted by molar-refractivity contribution is 7.09. The lowest BCUT2D eigenvalue weighted by molar-refractivity contribution is -0.131. The summed E-state index contributed by atoms with van der Waals surface area (Å²) in [7, 11) is 0. The summed E-state index contributed by atoms with van der Waals surface area (Å²) >= 11 is 1.44. The van der Waals surface area contributed by atoms with E-state index in [-0.39, 0.29) is 11.6 Å². The van der Waals surface area contributed by atoms with E-state index < -0.39 is 5.97 Å². The van der Waals surface area contributed by atoms with Crippen LogP contribution in [0.25, 0.3) is 6.08 Å². The van der Waals surface area contributed by atoms with Gasteiger partial charge in [-0.05, 0) is 12.1 Å². The first-order valence-corrected chi connectivity index (χ1v) is 6.57. The normalized spacial score (nSPS) is 10.6. The second kappa shape index (κ2) is 6.58. The van der Waals surface area contributed by atoms with Gasteiger partial charge < -0.3 is 10.4 Å². The molecule has 0 atom stereocenters. The molecule has 2 rings (SSSR count). The van der Waals surface area contributed by atoms with Crippen LogP contribution in [0.3, 0.4) is 0 Å². The van der Waals surface area contributed by atoms with Crippen molar-refractivity contribution in [1.29, 1.82) is 0 Å². The molecule has 0 saturated carbocycles. The molecule has 1 amide bonds. The van der Waals surface area contributed by atoms with Crippen molar-refractivity contribution in [3.05, 3.63) is 52.2 Å². The summed E-state index contributed by atoms with van der Waals surface area (Å²) in [5.41, 5.74) is 0.632. The Labute approximate surface area is 118 Å². The van der Waals surface area contributed by atoms with Gasteiger partial charge in [0.25, 0.3) is 5.91 Å². The third-order valence-corrected chi connectivity index (χ3v) is 3.12. The van der Waals surface area contributed by atoms with Crippen molar-refractivity contribution in [2.75, 3.05) is 0 Å². The van der Waals surface area contributed by atoms with Crippen LogP contribution in [0, 0.1) is 0 Å². The molecule has 2 heterocycles. The highest BCUT2D eigenvalue weighted by Crippen LogP contribution is 2.09. The lowest BCUT2D eigenvalue weighted by atomic mass is 10.1. The van der Waals surface area contributed by atoms with Gasteiger partial charge in [-0.15, -0.1) is 11.3 Å². The number of hydrogen-bond acceptors (Lipinski definition) is 5. The Morgan fingerprint density at radius 1 is 1.35 bits per heavy atom. The average molecular weight is 289 g/mol. The molecule has 7 heteroatoms. The first-order valence-electron chi connectivity index (χ1n) is 5.69. The number of aromatic nitrogens is 2. The van der Waals surface area contributed by atoms with E-state index in [1.54, 1.807) is 18.3 Å². The van der Waals surface area contributed by atoms with Crippen LogP contribution in [0.15, 0.2) is 36.0 Å². The zero-order chi connectivity index (χ0) is 14.4. The summed E-state index contributed by atoms with van der Waals surface area (Å²) in [4.78, 5) is 30.6. The molecule has 0 spiro atoms. The van der Waals surface area contributed by atoms with Gasteiger partial charge in [0.05, 0.1) is 6.54 Å². The molecular weight excluding hydrogens is 278 g/mol. The molecule has 102 valence electrons. The number of thiazole rings is 1. The fourth-order valence-corrected chi connectivity index (χ4v) is 2.04. The van der Waals surface area contributed by atoms with Gasteiger partial charge in [-0.2, -0.15) is 0 Å². The van der Waals surface area contributed by atoms with Gasteiger partial charge >= 0.3 is 5.97 Å². The van der Waals surface area contributed by atoms with Gasteiger partial charge in [-0.3, -0.25) is 9.78 Å². The molecule has 0 aliphatic heterocycles. The SMILES string of the molecule is O=C(O)/C=C/c1cccnc1C(=O)NCc1nccs1. The summed E-state index contributed by atoms with van der Waals surface area (Å²) in [6.45, 7) is 0.315. The maximum absolute atomic E-state index is 12.0. The van der Waals surface area contributed by atoms with E-state index in [0.29, 0.717) is 12.1 Å². The van der Waals surface area contributed by atoms with Crippen LogP contribution in [0.2, 0.25) is 0 Å². The Bertz CT molecular complexity index is 638. The summed E-state index contributed by atoms with van der Waals surface area (Å²) in [6, 6.07) is 3.27. The van der Waals surface area contributed by atoms with Crippen molar-refractivity contribution in [2.45, 2.75) is 6.54 Å². The fourth-order valence-electron chi connectivity index (χ4n) is 1.48. The number of pyridine rings is 1. The highest BCUT2D eigenvalue weighted by atomic mass is 32.1. The maximum Gasteiger partial charge on any atom is 0.328 e. The number of carboxylic acid groups (broad SMARTS) is 1. The van der Waals surface area contributed by atoms with E-state index in [9.17, 15) is 9.59 Å². The zero-order valence-corrected chi connectivity index (χ0v) is 11.1. The maximum atomic E-state index is 12.0. The second-order valence-electron chi connectivity index (χ2n) is 3.72. The van der Waals surface area contributed by atoms with Crippen LogP contribution in [-0.2, 0) is 11.3 Å². The van der Waals surface area contributed by atoms with Crippen LogP contribution in [-0.4, -0.2) is 27.0 Å². The Morgan fingerprint density at radius 3 is 2.90 bits per heavy atom. The molecule has 20 heavy (non-hydrogen) atoms. The fraction of sp³-hybridized carbons (Fsp3) is 0.0769. The van der Waals surface area contributed by atoms with Crippen molar-refractivity contribution in [3.63, 3.8) is 0 Å². The van der Waals surface area contributed by atoms with Crippen molar-refractivity contribution in [2.24, 2.45) is 0 Å². The molecule has 2 aromatic rings. The third-order valence-electron chi connectivity index (χ3n) is 2.34. The van der Waals surface area contributed by atoms with Gasteiger partial charge in [-0.1, -0.05) is 6.07 Å². The number of nitrogens with one attached hydrogen (secondary N) is 1. The molecule has 0 saturated heterocycles. The van der Waals surface area contributed by atoms with Gasteiger partial charge in [0.15, 0.2) is 0 Å². The zero-order valence-electron chi connectivity index (χ0n) is 10.3. The number of aliphatic carboxylic acids is 1. The molecule has 2 N–H and O–H groups in total. The lowest BCUT2D eigenvalue weighted by Crippen LogP contribution is -2.24. The Kier molecular flexibility index (Phi) is 4.56. The van der Waals surface area contributed by atoms with Gasteiger partial charge in [0.1, 0.15) is 10.7 Å². The molecule has 6 nitrogen and oxygen atoms in total. The minimum atomic E-state index is -1.08. The predicted molar refractivity (Wildman–Crippen MR) is 74.2 cm³/mol. The highest BCUT2D eigenvalue weighted by Gasteiger charge is 2.11. The summed E-state index contributed by atoms with van der Waals surface area (Å²) in [5.74, 6) is -1.45. The molecule has 0 aromatic carbocycles. The van der Waals surface area contributed by atoms with E-state index in [0.717, 1.165) is 11.1 Å². The predicted octanol–water partition coefficient (Wildman–Crippen LogP) is 1.57. The molecule has 0 bridgehead atoms. The number of nitrogens with zero attached hydrogens (tertiary/aromatic N) is 2. The van der Waals surface area contributed by atoms with E-state index >= 15 is 0 Å². The molecule has 0 fully saturated rings. The molecule has 0 radical (unpaired) electrons. The van der Waals surface area contributed by atoms with Crippen molar-refractivity contribution < 1.29 is 14.7 Å². The Balaban J connectivity index is 2.11. The topological polar surface area (TPSA) is 92.2 Å². The van der Waals surface area contributed by atoms with Gasteiger partial charge in [0, 0.05) is 29.4 Å². The average Bonchev–Trinajstić information content (AvgIpc) is 2.96. The summed E-state index contributed by atoms with van der Waals surface area (Å²) in [5, 5.41) is 13.9. The monoisotopic (exact) mass is 289 g/mol. The summed E-state index contributed by atoms with van der Waals surface area (Å²) < 4.78 is 0. The van der Waals surface area contributed by atoms with Crippen LogP contribution in [0.4, 0.5) is 0 Å². The van der Waals surface area contributed by atoms with Crippen LogP contribution in [0.5, 0.6) is 0 Å². The smallest absolute Gasteiger partial charge is 0.328 e. The van der Waals surface area contributed by atoms with Crippen molar-refractivity contribution in [3.8, 4) is 0 Å². The molecule has 2 aromatic heterocycles. The van der Waals surface area contributed by atoms with E-state index in [1.807, 2.05) is 5.38 Å². The number of carbonyl (C=O) groups excluding carboxylic acids is 1. The largest absolute Gasteiger partial charge is 0.478 e. The van der Waals surface area contributed by atoms with E-state index in [2.05, 4.69) is 15.3 Å². The standard InChI is InChI=1S/C13H11N3O3S/c17-11(18)4-3-9-2-1-5-15-12(9)13(19)16-8-10-14-6-7-20-10/h1-7H,8H2,(H,16,19)(H,17,18)/b4-3+. The van der Waals surface area contributed by atoms with Gasteiger partial charge in [-0.25, -0.2) is 9.78 Å². The quantitative estimate of drug-likeness (QED) is 0.815. The number of carbonyl (C=O) groups is 2. The number of hydrogen-bond donors (Lipinski definition) is 2. The van der Waals surface area contributed by atoms with Crippen molar-refractivity contribution in [1.82, 2.24) is 15.3 Å². The third kappa shape index (κ3) is 3.72. The number of carboxylic acids is 1. The minimum Gasteiger partial charge on any atom is -0.478 e. The summed E-state index contributed by atoms with van der Waals surface area (Å²) in [6.07, 6.45) is 5.45. The van der Waals surface area contributed by atoms with E-state index in [1.165, 1.54) is 23.6 Å². The van der Waals surface area contributed by atoms with Crippen LogP contribution >= 0.6 is 11.3 Å².